The summed E-state index contributed by atoms with van der Waals surface area (Å²) in [4.78, 5) is 39.8. The van der Waals surface area contributed by atoms with Crippen molar-refractivity contribution >= 4 is 19.7 Å². The number of esters is 1. The van der Waals surface area contributed by atoms with Crippen molar-refractivity contribution in [1.29, 1.82) is 0 Å². The fourth-order valence-electron chi connectivity index (χ4n) is 9.11. The normalized spacial score (nSPS) is 13.8. The lowest BCUT2D eigenvalue weighted by molar-refractivity contribution is -0.870. The minimum Gasteiger partial charge on any atom is -0.756 e. The number of quaternary nitrogens is 1. The van der Waals surface area contributed by atoms with Crippen LogP contribution in [0.15, 0.2) is 24.3 Å². The molecule has 0 spiro atoms. The first-order valence-electron chi connectivity index (χ1n) is 30.6. The first-order valence-corrected chi connectivity index (χ1v) is 32.1. The van der Waals surface area contributed by atoms with Crippen LogP contribution in [0.3, 0.4) is 0 Å². The summed E-state index contributed by atoms with van der Waals surface area (Å²) in [6.45, 7) is 6.86. The zero-order valence-electron chi connectivity index (χ0n) is 48.0. The van der Waals surface area contributed by atoms with Crippen LogP contribution < -0.4 is 10.2 Å². The second-order valence-electron chi connectivity index (χ2n) is 22.2. The number of rotatable bonds is 56. The number of likely N-dealkylation sites (N-methyl/N-ethyl adjacent to an activating group) is 1. The molecule has 0 aliphatic carbocycles. The molecule has 0 aromatic rings. The minimum atomic E-state index is -4.69. The third-order valence-electron chi connectivity index (χ3n) is 13.9. The molecule has 9 nitrogen and oxygen atoms in total. The van der Waals surface area contributed by atoms with Gasteiger partial charge in [0, 0.05) is 12.8 Å². The molecular formula is C61H119N2O7P. The number of ether oxygens (including phenoxy) is 1. The van der Waals surface area contributed by atoms with E-state index in [1.165, 1.54) is 212 Å². The molecule has 10 heteroatoms. The topological polar surface area (TPSA) is 114 Å². The molecule has 0 saturated heterocycles. The van der Waals surface area contributed by atoms with Gasteiger partial charge in [0.25, 0.3) is 7.82 Å². The highest BCUT2D eigenvalue weighted by atomic mass is 31.2. The van der Waals surface area contributed by atoms with Crippen molar-refractivity contribution in [2.24, 2.45) is 0 Å². The fraction of sp³-hybridized carbons (Fsp3) is 0.902. The number of nitrogens with one attached hydrogen (secondary N) is 1. The maximum atomic E-state index is 13.5. The lowest BCUT2D eigenvalue weighted by atomic mass is 10.0. The quantitative estimate of drug-likeness (QED) is 0.0212. The Kier molecular flexibility index (Phi) is 50.8. The summed E-state index contributed by atoms with van der Waals surface area (Å²) in [5.41, 5.74) is 0. The van der Waals surface area contributed by atoms with Crippen molar-refractivity contribution in [2.45, 2.75) is 315 Å². The Labute approximate surface area is 441 Å². The highest BCUT2D eigenvalue weighted by Gasteiger charge is 2.27. The number of phosphoric acid groups is 1. The van der Waals surface area contributed by atoms with Gasteiger partial charge in [0.2, 0.25) is 5.91 Å². The van der Waals surface area contributed by atoms with Gasteiger partial charge in [-0.1, -0.05) is 257 Å². The number of unbranched alkanes of at least 4 members (excludes halogenated alkanes) is 38. The summed E-state index contributed by atoms with van der Waals surface area (Å²) < 4.78 is 30.2. The molecule has 1 amide bonds. The first kappa shape index (κ1) is 69.5. The maximum Gasteiger partial charge on any atom is 0.306 e. The van der Waals surface area contributed by atoms with E-state index in [4.69, 9.17) is 13.8 Å². The van der Waals surface area contributed by atoms with Crippen LogP contribution in [0.2, 0.25) is 0 Å². The van der Waals surface area contributed by atoms with Gasteiger partial charge in [0.05, 0.1) is 33.8 Å². The average Bonchev–Trinajstić information content (AvgIpc) is 3.33. The van der Waals surface area contributed by atoms with Crippen molar-refractivity contribution in [1.82, 2.24) is 5.32 Å². The molecule has 3 unspecified atom stereocenters. The molecule has 0 aromatic carbocycles. The van der Waals surface area contributed by atoms with E-state index in [1.807, 2.05) is 33.3 Å². The largest absolute Gasteiger partial charge is 0.756 e. The summed E-state index contributed by atoms with van der Waals surface area (Å²) in [5, 5.41) is 3.03. The third kappa shape index (κ3) is 53.1. The van der Waals surface area contributed by atoms with Crippen LogP contribution in [0.4, 0.5) is 0 Å². The predicted octanol–water partition coefficient (Wildman–Crippen LogP) is 17.9. The number of hydrogen-bond acceptors (Lipinski definition) is 7. The predicted molar refractivity (Wildman–Crippen MR) is 303 cm³/mol. The van der Waals surface area contributed by atoms with E-state index < -0.39 is 20.0 Å². The Hall–Kier alpha value is -1.51. The molecule has 0 bridgehead atoms. The molecule has 1 N–H and O–H groups in total. The highest BCUT2D eigenvalue weighted by Crippen LogP contribution is 2.38. The molecular weight excluding hydrogens is 904 g/mol. The molecule has 0 radical (unpaired) electrons. The lowest BCUT2D eigenvalue weighted by Gasteiger charge is -2.30. The fourth-order valence-corrected chi connectivity index (χ4v) is 9.83. The zero-order chi connectivity index (χ0) is 52.2. The van der Waals surface area contributed by atoms with Crippen molar-refractivity contribution < 1.29 is 37.3 Å². The van der Waals surface area contributed by atoms with Crippen LogP contribution in [-0.2, 0) is 27.9 Å². The Morgan fingerprint density at radius 1 is 0.479 bits per heavy atom. The SMILES string of the molecule is CCCCCCCC/C=C/CCCCCCCCCCCCCCCC(=O)NC(COP(=O)([O-])OCC[N+](C)(C)C)C(/C=C\CCCCCCCCCCC)OC(=O)CCCCCCCCCCCCC. The van der Waals surface area contributed by atoms with Crippen LogP contribution in [0.5, 0.6) is 0 Å². The number of amides is 1. The number of nitrogens with zero attached hydrogens (tertiary/aromatic N) is 1. The summed E-state index contributed by atoms with van der Waals surface area (Å²) >= 11 is 0. The first-order chi connectivity index (χ1) is 34.4. The van der Waals surface area contributed by atoms with Crippen molar-refractivity contribution in [2.75, 3.05) is 40.9 Å². The molecule has 420 valence electrons. The van der Waals surface area contributed by atoms with E-state index in [2.05, 4.69) is 38.2 Å². The summed E-state index contributed by atoms with van der Waals surface area (Å²) in [5.74, 6) is -0.529. The van der Waals surface area contributed by atoms with E-state index in [1.54, 1.807) is 0 Å². The van der Waals surface area contributed by atoms with Crippen molar-refractivity contribution in [3.05, 3.63) is 24.3 Å². The lowest BCUT2D eigenvalue weighted by Crippen LogP contribution is -2.47. The number of hydrogen-bond donors (Lipinski definition) is 1. The monoisotopic (exact) mass is 1020 g/mol. The highest BCUT2D eigenvalue weighted by molar-refractivity contribution is 7.45. The Morgan fingerprint density at radius 3 is 1.20 bits per heavy atom. The van der Waals surface area contributed by atoms with Gasteiger partial charge in [-0.3, -0.25) is 14.2 Å². The van der Waals surface area contributed by atoms with Gasteiger partial charge in [-0.2, -0.15) is 0 Å². The van der Waals surface area contributed by atoms with Gasteiger partial charge >= 0.3 is 5.97 Å². The molecule has 0 fully saturated rings. The standard InChI is InChI=1S/C61H119N2O7P/c1-7-10-13-16-19-22-25-26-27-28-29-30-31-32-33-34-35-36-39-41-44-47-50-53-60(64)62-58(57-69-71(66,67)68-56-55-63(4,5)6)59(52-49-46-43-40-37-23-20-17-14-11-8-2)70-61(65)54-51-48-45-42-38-24-21-18-15-12-9-3/h26-27,49,52,58-59H,7-25,28-48,50-51,53-57H2,1-6H3,(H-,62,64,66,67)/b27-26+,52-49-. The Balaban J connectivity index is 5.06. The molecule has 0 saturated carbocycles. The summed E-state index contributed by atoms with van der Waals surface area (Å²) in [7, 11) is 1.20. The smallest absolute Gasteiger partial charge is 0.306 e. The van der Waals surface area contributed by atoms with Gasteiger partial charge in [-0.15, -0.1) is 0 Å². The number of carbonyl (C=O) groups is 2. The van der Waals surface area contributed by atoms with Gasteiger partial charge in [-0.05, 0) is 57.4 Å². The van der Waals surface area contributed by atoms with Crippen molar-refractivity contribution in [3.8, 4) is 0 Å². The van der Waals surface area contributed by atoms with Crippen molar-refractivity contribution in [3.63, 3.8) is 0 Å². The average molecular weight is 1020 g/mol. The summed E-state index contributed by atoms with van der Waals surface area (Å²) in [6.07, 6.45) is 60.1. The zero-order valence-corrected chi connectivity index (χ0v) is 48.8. The molecule has 0 aromatic heterocycles. The van der Waals surface area contributed by atoms with Crippen LogP contribution in [0, 0.1) is 0 Å². The number of allylic oxidation sites excluding steroid dienone is 3. The van der Waals surface area contributed by atoms with Crippen LogP contribution >= 0.6 is 7.82 Å². The van der Waals surface area contributed by atoms with E-state index in [9.17, 15) is 19.0 Å². The second kappa shape index (κ2) is 52.0. The molecule has 3 atom stereocenters. The Bertz CT molecular complexity index is 1270. The number of phosphoric ester groups is 1. The van der Waals surface area contributed by atoms with E-state index in [0.29, 0.717) is 17.4 Å². The van der Waals surface area contributed by atoms with Crippen LogP contribution in [-0.4, -0.2) is 69.4 Å². The van der Waals surface area contributed by atoms with E-state index in [0.717, 1.165) is 57.8 Å². The molecule has 0 rings (SSSR count). The van der Waals surface area contributed by atoms with Crippen LogP contribution in [0.1, 0.15) is 303 Å². The van der Waals surface area contributed by atoms with Gasteiger partial charge < -0.3 is 28.5 Å². The van der Waals surface area contributed by atoms with Gasteiger partial charge in [0.1, 0.15) is 19.3 Å². The maximum absolute atomic E-state index is 13.5. The second-order valence-corrected chi connectivity index (χ2v) is 23.6. The molecule has 0 aliphatic heterocycles. The van der Waals surface area contributed by atoms with E-state index in [-0.39, 0.29) is 31.5 Å². The van der Waals surface area contributed by atoms with Crippen LogP contribution in [0.25, 0.3) is 0 Å². The number of carbonyl (C=O) groups excluding carboxylic acids is 2. The molecule has 0 aliphatic rings. The minimum absolute atomic E-state index is 0.0187. The molecule has 0 heterocycles. The summed E-state index contributed by atoms with van der Waals surface area (Å²) in [6, 6.07) is -0.880. The third-order valence-corrected chi connectivity index (χ3v) is 14.8. The Morgan fingerprint density at radius 2 is 0.817 bits per heavy atom. The van der Waals surface area contributed by atoms with E-state index >= 15 is 0 Å². The van der Waals surface area contributed by atoms with Gasteiger partial charge in [-0.25, -0.2) is 0 Å². The van der Waals surface area contributed by atoms with Gasteiger partial charge in [0.15, 0.2) is 0 Å². The molecule has 71 heavy (non-hydrogen) atoms.